The molecule has 2 rings (SSSR count). The number of fused-ring (bicyclic) bond motifs is 1. The highest BCUT2D eigenvalue weighted by Gasteiger charge is 2.22. The van der Waals surface area contributed by atoms with Crippen molar-refractivity contribution in [2.45, 2.75) is 19.4 Å². The molecular weight excluding hydrogens is 183 g/mol. The first kappa shape index (κ1) is 8.99. The molecule has 0 radical (unpaired) electrons. The van der Waals surface area contributed by atoms with Crippen LogP contribution >= 0.6 is 0 Å². The first-order valence-electron chi connectivity index (χ1n) is 4.57. The summed E-state index contributed by atoms with van der Waals surface area (Å²) < 4.78 is 12.9. The number of carbonyl (C=O) groups excluding carboxylic acids is 1. The Morgan fingerprint density at radius 2 is 2.29 bits per heavy atom. The lowest BCUT2D eigenvalue weighted by molar-refractivity contribution is 0.247. The number of amides is 2. The van der Waals surface area contributed by atoms with E-state index < -0.39 is 0 Å². The monoisotopic (exact) mass is 194 g/mol. The maximum atomic E-state index is 12.9. The van der Waals surface area contributed by atoms with Crippen LogP contribution in [0.25, 0.3) is 0 Å². The lowest BCUT2D eigenvalue weighted by atomic mass is 10.0. The second-order valence-corrected chi connectivity index (χ2v) is 3.29. The van der Waals surface area contributed by atoms with Crippen LogP contribution in [0.3, 0.4) is 0 Å². The Bertz CT molecular complexity index is 378. The highest BCUT2D eigenvalue weighted by atomic mass is 19.1. The standard InChI is InChI=1S/C10H11FN2O/c1-2-8-7-4-3-6(11)5-9(7)13-10(14)12-8/h3-5,8H,2H2,1H3,(H2,12,13,14). The van der Waals surface area contributed by atoms with Gasteiger partial charge >= 0.3 is 6.03 Å². The van der Waals surface area contributed by atoms with Crippen LogP contribution in [0.5, 0.6) is 0 Å². The molecule has 2 amide bonds. The van der Waals surface area contributed by atoms with E-state index in [1.807, 2.05) is 6.92 Å². The summed E-state index contributed by atoms with van der Waals surface area (Å²) in [4.78, 5) is 11.2. The lowest BCUT2D eigenvalue weighted by Gasteiger charge is -2.26. The highest BCUT2D eigenvalue weighted by molar-refractivity contribution is 5.92. The average Bonchev–Trinajstić information content (AvgIpc) is 2.15. The molecule has 0 saturated heterocycles. The zero-order valence-electron chi connectivity index (χ0n) is 7.80. The number of halogens is 1. The maximum absolute atomic E-state index is 12.9. The quantitative estimate of drug-likeness (QED) is 0.708. The van der Waals surface area contributed by atoms with Crippen molar-refractivity contribution in [2.24, 2.45) is 0 Å². The Balaban J connectivity index is 2.45. The summed E-state index contributed by atoms with van der Waals surface area (Å²) >= 11 is 0. The van der Waals surface area contributed by atoms with Gasteiger partial charge in [-0.05, 0) is 24.1 Å². The van der Waals surface area contributed by atoms with E-state index in [-0.39, 0.29) is 17.9 Å². The second-order valence-electron chi connectivity index (χ2n) is 3.29. The molecule has 0 aromatic heterocycles. The fourth-order valence-corrected chi connectivity index (χ4v) is 1.66. The summed E-state index contributed by atoms with van der Waals surface area (Å²) in [6.45, 7) is 1.98. The van der Waals surface area contributed by atoms with Crippen molar-refractivity contribution in [3.63, 3.8) is 0 Å². The summed E-state index contributed by atoms with van der Waals surface area (Å²) in [5.41, 5.74) is 1.51. The Labute approximate surface area is 81.3 Å². The molecule has 0 fully saturated rings. The topological polar surface area (TPSA) is 41.1 Å². The van der Waals surface area contributed by atoms with Crippen molar-refractivity contribution in [1.82, 2.24) is 5.32 Å². The average molecular weight is 194 g/mol. The maximum Gasteiger partial charge on any atom is 0.319 e. The van der Waals surface area contributed by atoms with Crippen LogP contribution in [0.2, 0.25) is 0 Å². The van der Waals surface area contributed by atoms with Gasteiger partial charge in [0.25, 0.3) is 0 Å². The molecule has 14 heavy (non-hydrogen) atoms. The molecule has 4 heteroatoms. The predicted molar refractivity (Wildman–Crippen MR) is 51.6 cm³/mol. The molecule has 1 aromatic carbocycles. The van der Waals surface area contributed by atoms with Crippen LogP contribution in [0, 0.1) is 5.82 Å². The zero-order chi connectivity index (χ0) is 10.1. The van der Waals surface area contributed by atoms with Crippen molar-refractivity contribution in [3.05, 3.63) is 29.6 Å². The highest BCUT2D eigenvalue weighted by Crippen LogP contribution is 2.29. The van der Waals surface area contributed by atoms with E-state index in [9.17, 15) is 9.18 Å². The molecule has 1 aliphatic heterocycles. The fraction of sp³-hybridized carbons (Fsp3) is 0.300. The lowest BCUT2D eigenvalue weighted by Crippen LogP contribution is -2.37. The molecule has 74 valence electrons. The molecule has 2 N–H and O–H groups in total. The predicted octanol–water partition coefficient (Wildman–Crippen LogP) is 2.41. The Hall–Kier alpha value is -1.58. The summed E-state index contributed by atoms with van der Waals surface area (Å²) in [6.07, 6.45) is 0.798. The van der Waals surface area contributed by atoms with Gasteiger partial charge in [-0.25, -0.2) is 9.18 Å². The van der Waals surface area contributed by atoms with E-state index >= 15 is 0 Å². The third kappa shape index (κ3) is 1.43. The van der Waals surface area contributed by atoms with Gasteiger partial charge in [0.1, 0.15) is 5.82 Å². The molecule has 1 aliphatic rings. The first-order chi connectivity index (χ1) is 6.70. The third-order valence-corrected chi connectivity index (χ3v) is 2.35. The number of carbonyl (C=O) groups is 1. The van der Waals surface area contributed by atoms with Gasteiger partial charge in [0.05, 0.1) is 11.7 Å². The van der Waals surface area contributed by atoms with Gasteiger partial charge in [-0.2, -0.15) is 0 Å². The molecule has 0 saturated carbocycles. The molecule has 1 atom stereocenters. The molecule has 1 unspecified atom stereocenters. The minimum atomic E-state index is -0.333. The normalized spacial score (nSPS) is 19.6. The van der Waals surface area contributed by atoms with Gasteiger partial charge in [-0.15, -0.1) is 0 Å². The molecule has 0 aliphatic carbocycles. The Morgan fingerprint density at radius 1 is 1.50 bits per heavy atom. The SMILES string of the molecule is CCC1NC(=O)Nc2cc(F)ccc21. The number of nitrogens with one attached hydrogen (secondary N) is 2. The van der Waals surface area contributed by atoms with Crippen LogP contribution in [0.1, 0.15) is 24.9 Å². The van der Waals surface area contributed by atoms with Crippen LogP contribution in [0.4, 0.5) is 14.9 Å². The molecule has 1 heterocycles. The van der Waals surface area contributed by atoms with Gasteiger partial charge in [-0.1, -0.05) is 13.0 Å². The second kappa shape index (κ2) is 3.29. The molecule has 3 nitrogen and oxygen atoms in total. The van der Waals surface area contributed by atoms with Crippen LogP contribution < -0.4 is 10.6 Å². The van der Waals surface area contributed by atoms with Gasteiger partial charge in [0, 0.05) is 0 Å². The van der Waals surface area contributed by atoms with Gasteiger partial charge < -0.3 is 10.6 Å². The summed E-state index contributed by atoms with van der Waals surface area (Å²) in [5.74, 6) is -0.333. The van der Waals surface area contributed by atoms with Gasteiger partial charge in [0.15, 0.2) is 0 Å². The van der Waals surface area contributed by atoms with E-state index in [1.165, 1.54) is 12.1 Å². The van der Waals surface area contributed by atoms with Crippen LogP contribution in [0.15, 0.2) is 18.2 Å². The number of anilines is 1. The fourth-order valence-electron chi connectivity index (χ4n) is 1.66. The van der Waals surface area contributed by atoms with Crippen LogP contribution in [-0.2, 0) is 0 Å². The van der Waals surface area contributed by atoms with Crippen molar-refractivity contribution in [2.75, 3.05) is 5.32 Å². The summed E-state index contributed by atoms with van der Waals surface area (Å²) in [6, 6.07) is 4.16. The number of rotatable bonds is 1. The Morgan fingerprint density at radius 3 is 3.00 bits per heavy atom. The van der Waals surface area contributed by atoms with Crippen molar-refractivity contribution < 1.29 is 9.18 Å². The molecule has 0 spiro atoms. The first-order valence-corrected chi connectivity index (χ1v) is 4.57. The molecule has 1 aromatic rings. The smallest absolute Gasteiger partial charge is 0.319 e. The summed E-state index contributed by atoms with van der Waals surface area (Å²) in [7, 11) is 0. The minimum absolute atomic E-state index is 0.0145. The van der Waals surface area contributed by atoms with E-state index in [0.717, 1.165) is 12.0 Å². The minimum Gasteiger partial charge on any atom is -0.331 e. The number of urea groups is 1. The molecular formula is C10H11FN2O. The van der Waals surface area contributed by atoms with Crippen LogP contribution in [-0.4, -0.2) is 6.03 Å². The Kier molecular flexibility index (Phi) is 2.11. The number of hydrogen-bond donors (Lipinski definition) is 2. The summed E-state index contributed by atoms with van der Waals surface area (Å²) in [5, 5.41) is 5.34. The van der Waals surface area contributed by atoms with E-state index in [4.69, 9.17) is 0 Å². The molecule has 0 bridgehead atoms. The van der Waals surface area contributed by atoms with Crippen molar-refractivity contribution >= 4 is 11.7 Å². The van der Waals surface area contributed by atoms with E-state index in [1.54, 1.807) is 6.07 Å². The van der Waals surface area contributed by atoms with Gasteiger partial charge in [-0.3, -0.25) is 0 Å². The zero-order valence-corrected chi connectivity index (χ0v) is 7.80. The third-order valence-electron chi connectivity index (χ3n) is 2.35. The van der Waals surface area contributed by atoms with E-state index in [2.05, 4.69) is 10.6 Å². The van der Waals surface area contributed by atoms with E-state index in [0.29, 0.717) is 5.69 Å². The van der Waals surface area contributed by atoms with Crippen molar-refractivity contribution in [1.29, 1.82) is 0 Å². The number of benzene rings is 1. The van der Waals surface area contributed by atoms with Gasteiger partial charge in [0.2, 0.25) is 0 Å². The number of hydrogen-bond acceptors (Lipinski definition) is 1. The largest absolute Gasteiger partial charge is 0.331 e. The van der Waals surface area contributed by atoms with Crippen molar-refractivity contribution in [3.8, 4) is 0 Å².